The number of nitrogens with zero attached hydrogens (tertiary/aromatic N) is 1. The maximum atomic E-state index is 13.4. The van der Waals surface area contributed by atoms with Crippen LogP contribution in [0.5, 0.6) is 0 Å². The number of rotatable bonds is 1. The highest BCUT2D eigenvalue weighted by Crippen LogP contribution is 2.22. The third-order valence-corrected chi connectivity index (χ3v) is 2.88. The summed E-state index contributed by atoms with van der Waals surface area (Å²) >= 11 is 2.95. The van der Waals surface area contributed by atoms with Gasteiger partial charge in [0.05, 0.1) is 0 Å². The van der Waals surface area contributed by atoms with E-state index in [0.29, 0.717) is 13.1 Å². The number of carbonyl (C=O) groups excluding carboxylic acids is 1. The molecule has 2 rings (SSSR count). The fourth-order valence-electron chi connectivity index (χ4n) is 1.58. The van der Waals surface area contributed by atoms with Crippen LogP contribution in [0.3, 0.4) is 0 Å². The maximum Gasteiger partial charge on any atom is 0.259 e. The van der Waals surface area contributed by atoms with Crippen LogP contribution >= 0.6 is 15.9 Å². The lowest BCUT2D eigenvalue weighted by Gasteiger charge is -2.36. The fourth-order valence-corrected chi connectivity index (χ4v) is 1.99. The molecule has 2 N–H and O–H groups in total. The van der Waals surface area contributed by atoms with E-state index < -0.39 is 23.1 Å². The van der Waals surface area contributed by atoms with Crippen molar-refractivity contribution < 1.29 is 13.6 Å². The molecular formula is C10H9BrF2N2O. The Labute approximate surface area is 99.3 Å². The van der Waals surface area contributed by atoms with Crippen LogP contribution in [0.15, 0.2) is 16.6 Å². The summed E-state index contributed by atoms with van der Waals surface area (Å²) in [6.07, 6.45) is 0. The van der Waals surface area contributed by atoms with Crippen molar-refractivity contribution in [3.8, 4) is 0 Å². The van der Waals surface area contributed by atoms with Crippen molar-refractivity contribution in [2.24, 2.45) is 5.73 Å². The molecule has 1 amide bonds. The molecule has 0 radical (unpaired) electrons. The second kappa shape index (κ2) is 4.10. The predicted octanol–water partition coefficient (Wildman–Crippen LogP) is 1.51. The van der Waals surface area contributed by atoms with Gasteiger partial charge < -0.3 is 10.6 Å². The van der Waals surface area contributed by atoms with E-state index in [1.807, 2.05) is 0 Å². The molecule has 1 heterocycles. The first-order valence-corrected chi connectivity index (χ1v) is 5.47. The number of hydrogen-bond donors (Lipinski definition) is 1. The van der Waals surface area contributed by atoms with Crippen LogP contribution in [-0.4, -0.2) is 29.9 Å². The number of carbonyl (C=O) groups is 1. The molecule has 0 spiro atoms. The third kappa shape index (κ3) is 1.94. The molecule has 1 saturated heterocycles. The van der Waals surface area contributed by atoms with E-state index in [9.17, 15) is 13.6 Å². The van der Waals surface area contributed by atoms with Crippen molar-refractivity contribution in [2.75, 3.05) is 13.1 Å². The van der Waals surface area contributed by atoms with Crippen LogP contribution in [0, 0.1) is 11.6 Å². The SMILES string of the molecule is NC1CN(C(=O)c2c(F)cc(Br)cc2F)C1. The second-order valence-corrected chi connectivity index (χ2v) is 4.63. The molecule has 3 nitrogen and oxygen atoms in total. The van der Waals surface area contributed by atoms with Crippen LogP contribution in [0.2, 0.25) is 0 Å². The van der Waals surface area contributed by atoms with Gasteiger partial charge in [0, 0.05) is 23.6 Å². The maximum absolute atomic E-state index is 13.4. The first-order valence-electron chi connectivity index (χ1n) is 4.68. The number of likely N-dealkylation sites (tertiary alicyclic amines) is 1. The van der Waals surface area contributed by atoms with Crippen LogP contribution in [0.4, 0.5) is 8.78 Å². The van der Waals surface area contributed by atoms with E-state index in [1.165, 1.54) is 4.90 Å². The molecule has 1 fully saturated rings. The van der Waals surface area contributed by atoms with Gasteiger partial charge in [-0.2, -0.15) is 0 Å². The molecule has 86 valence electrons. The minimum Gasteiger partial charge on any atom is -0.335 e. The summed E-state index contributed by atoms with van der Waals surface area (Å²) < 4.78 is 27.1. The molecule has 0 bridgehead atoms. The van der Waals surface area contributed by atoms with E-state index >= 15 is 0 Å². The Kier molecular flexibility index (Phi) is 2.94. The van der Waals surface area contributed by atoms with E-state index in [-0.39, 0.29) is 10.5 Å². The molecule has 0 aromatic heterocycles. The Morgan fingerprint density at radius 2 is 1.88 bits per heavy atom. The van der Waals surface area contributed by atoms with Crippen molar-refractivity contribution >= 4 is 21.8 Å². The van der Waals surface area contributed by atoms with Crippen molar-refractivity contribution in [3.63, 3.8) is 0 Å². The lowest BCUT2D eigenvalue weighted by Crippen LogP contribution is -2.58. The summed E-state index contributed by atoms with van der Waals surface area (Å²) in [6.45, 7) is 0.682. The Bertz CT molecular complexity index is 423. The molecular weight excluding hydrogens is 282 g/mol. The Morgan fingerprint density at radius 1 is 1.38 bits per heavy atom. The van der Waals surface area contributed by atoms with Crippen molar-refractivity contribution in [1.82, 2.24) is 4.90 Å². The molecule has 0 aliphatic carbocycles. The van der Waals surface area contributed by atoms with Gasteiger partial charge in [0.1, 0.15) is 17.2 Å². The zero-order valence-corrected chi connectivity index (χ0v) is 9.80. The second-order valence-electron chi connectivity index (χ2n) is 3.71. The highest BCUT2D eigenvalue weighted by atomic mass is 79.9. The standard InChI is InChI=1S/C10H9BrF2N2O/c11-5-1-7(12)9(8(13)2-5)10(16)15-3-6(14)4-15/h1-2,6H,3-4,14H2. The summed E-state index contributed by atoms with van der Waals surface area (Å²) in [5, 5.41) is 0. The van der Waals surface area contributed by atoms with Gasteiger partial charge in [0.2, 0.25) is 0 Å². The van der Waals surface area contributed by atoms with Crippen molar-refractivity contribution in [1.29, 1.82) is 0 Å². The van der Waals surface area contributed by atoms with Crippen LogP contribution in [-0.2, 0) is 0 Å². The number of nitrogens with two attached hydrogens (primary N) is 1. The molecule has 0 unspecified atom stereocenters. The minimum atomic E-state index is -0.864. The van der Waals surface area contributed by atoms with E-state index in [2.05, 4.69) is 15.9 Å². The quantitative estimate of drug-likeness (QED) is 0.852. The third-order valence-electron chi connectivity index (χ3n) is 2.42. The van der Waals surface area contributed by atoms with Gasteiger partial charge in [-0.15, -0.1) is 0 Å². The monoisotopic (exact) mass is 290 g/mol. The molecule has 0 saturated carbocycles. The van der Waals surface area contributed by atoms with Gasteiger partial charge in [0.15, 0.2) is 0 Å². The highest BCUT2D eigenvalue weighted by Gasteiger charge is 2.31. The lowest BCUT2D eigenvalue weighted by atomic mass is 10.1. The van der Waals surface area contributed by atoms with Crippen LogP contribution in [0.25, 0.3) is 0 Å². The summed E-state index contributed by atoms with van der Waals surface area (Å²) in [5.74, 6) is -2.38. The molecule has 1 aromatic carbocycles. The largest absolute Gasteiger partial charge is 0.335 e. The van der Waals surface area contributed by atoms with Gasteiger partial charge in [-0.25, -0.2) is 8.78 Å². The molecule has 0 atom stereocenters. The van der Waals surface area contributed by atoms with Gasteiger partial charge in [-0.3, -0.25) is 4.79 Å². The fraction of sp³-hybridized carbons (Fsp3) is 0.300. The molecule has 1 aromatic rings. The molecule has 1 aliphatic heterocycles. The Morgan fingerprint density at radius 3 is 2.31 bits per heavy atom. The number of hydrogen-bond acceptors (Lipinski definition) is 2. The van der Waals surface area contributed by atoms with Gasteiger partial charge in [-0.05, 0) is 12.1 Å². The lowest BCUT2D eigenvalue weighted by molar-refractivity contribution is 0.0598. The number of amides is 1. The number of halogens is 3. The summed E-state index contributed by atoms with van der Waals surface area (Å²) in [5.41, 5.74) is 4.98. The van der Waals surface area contributed by atoms with Crippen LogP contribution in [0.1, 0.15) is 10.4 Å². The average molecular weight is 291 g/mol. The number of benzene rings is 1. The van der Waals surface area contributed by atoms with Crippen LogP contribution < -0.4 is 5.73 Å². The van der Waals surface area contributed by atoms with Crippen molar-refractivity contribution in [2.45, 2.75) is 6.04 Å². The van der Waals surface area contributed by atoms with E-state index in [4.69, 9.17) is 5.73 Å². The Hall–Kier alpha value is -1.01. The van der Waals surface area contributed by atoms with Gasteiger partial charge >= 0.3 is 0 Å². The van der Waals surface area contributed by atoms with Gasteiger partial charge in [0.25, 0.3) is 5.91 Å². The smallest absolute Gasteiger partial charge is 0.259 e. The summed E-state index contributed by atoms with van der Waals surface area (Å²) in [7, 11) is 0. The Balaban J connectivity index is 2.30. The topological polar surface area (TPSA) is 46.3 Å². The average Bonchev–Trinajstić information content (AvgIpc) is 2.10. The molecule has 1 aliphatic rings. The highest BCUT2D eigenvalue weighted by molar-refractivity contribution is 9.10. The minimum absolute atomic E-state index is 0.0921. The van der Waals surface area contributed by atoms with E-state index in [1.54, 1.807) is 0 Å². The zero-order chi connectivity index (χ0) is 11.9. The van der Waals surface area contributed by atoms with Gasteiger partial charge in [-0.1, -0.05) is 15.9 Å². The summed E-state index contributed by atoms with van der Waals surface area (Å²) in [4.78, 5) is 13.0. The van der Waals surface area contributed by atoms with E-state index in [0.717, 1.165) is 12.1 Å². The molecule has 6 heteroatoms. The van der Waals surface area contributed by atoms with Crippen molar-refractivity contribution in [3.05, 3.63) is 33.8 Å². The zero-order valence-electron chi connectivity index (χ0n) is 8.21. The first kappa shape index (κ1) is 11.5. The normalized spacial score (nSPS) is 16.1. The predicted molar refractivity (Wildman–Crippen MR) is 57.9 cm³/mol. The molecule has 16 heavy (non-hydrogen) atoms. The first-order chi connectivity index (χ1) is 7.49. The summed E-state index contributed by atoms with van der Waals surface area (Å²) in [6, 6.07) is 2.04.